The second-order valence-corrected chi connectivity index (χ2v) is 4.85. The van der Waals surface area contributed by atoms with Gasteiger partial charge in [0, 0.05) is 24.9 Å². The third-order valence-corrected chi connectivity index (χ3v) is 3.42. The van der Waals surface area contributed by atoms with E-state index in [1.807, 2.05) is 35.9 Å². The second-order valence-electron chi connectivity index (χ2n) is 4.85. The highest BCUT2D eigenvalue weighted by Crippen LogP contribution is 2.39. The van der Waals surface area contributed by atoms with E-state index in [1.54, 1.807) is 12.1 Å². The van der Waals surface area contributed by atoms with E-state index in [9.17, 15) is 9.18 Å². The van der Waals surface area contributed by atoms with Crippen LogP contribution in [-0.2, 0) is 11.8 Å². The first-order chi connectivity index (χ1) is 10.1. The molecule has 3 rings (SSSR count). The van der Waals surface area contributed by atoms with Crippen molar-refractivity contribution in [3.8, 4) is 17.0 Å². The van der Waals surface area contributed by atoms with Crippen LogP contribution >= 0.6 is 0 Å². The topological polar surface area (TPSA) is 31.2 Å². The van der Waals surface area contributed by atoms with Crippen molar-refractivity contribution in [3.05, 3.63) is 54.3 Å². The summed E-state index contributed by atoms with van der Waals surface area (Å²) in [6, 6.07) is 13.8. The second kappa shape index (κ2) is 5.05. The molecule has 0 radical (unpaired) electrons. The highest BCUT2D eigenvalue weighted by molar-refractivity contribution is 5.97. The van der Waals surface area contributed by atoms with Crippen molar-refractivity contribution in [1.29, 1.82) is 0 Å². The molecule has 1 aromatic heterocycles. The monoisotopic (exact) mass is 283 g/mol. The SMILES string of the molecule is CC(=O)Oc1c(-c2ccc(F)cc2)n(C)c2ccccc12. The number of benzene rings is 2. The van der Waals surface area contributed by atoms with Gasteiger partial charge in [-0.15, -0.1) is 0 Å². The lowest BCUT2D eigenvalue weighted by atomic mass is 10.1. The number of nitrogens with zero attached hydrogens (tertiary/aromatic N) is 1. The van der Waals surface area contributed by atoms with E-state index in [-0.39, 0.29) is 11.8 Å². The minimum atomic E-state index is -0.380. The third-order valence-electron chi connectivity index (χ3n) is 3.42. The van der Waals surface area contributed by atoms with Gasteiger partial charge in [-0.25, -0.2) is 4.39 Å². The molecule has 2 aromatic carbocycles. The largest absolute Gasteiger partial charge is 0.424 e. The number of carbonyl (C=O) groups excluding carboxylic acids is 1. The molecule has 0 aliphatic rings. The van der Waals surface area contributed by atoms with Crippen molar-refractivity contribution < 1.29 is 13.9 Å². The highest BCUT2D eigenvalue weighted by Gasteiger charge is 2.19. The normalized spacial score (nSPS) is 10.8. The van der Waals surface area contributed by atoms with Crippen LogP contribution in [-0.4, -0.2) is 10.5 Å². The molecule has 0 amide bonds. The molecule has 1 heterocycles. The zero-order valence-electron chi connectivity index (χ0n) is 11.8. The lowest BCUT2D eigenvalue weighted by molar-refractivity contribution is -0.131. The van der Waals surface area contributed by atoms with Gasteiger partial charge in [-0.05, 0) is 36.4 Å². The number of carbonyl (C=O) groups is 1. The lowest BCUT2D eigenvalue weighted by Gasteiger charge is -2.07. The van der Waals surface area contributed by atoms with Gasteiger partial charge in [0.05, 0.1) is 11.2 Å². The van der Waals surface area contributed by atoms with E-state index in [0.29, 0.717) is 5.75 Å². The first-order valence-electron chi connectivity index (χ1n) is 6.59. The van der Waals surface area contributed by atoms with Gasteiger partial charge in [0.1, 0.15) is 5.82 Å². The fourth-order valence-electron chi connectivity index (χ4n) is 2.54. The maximum atomic E-state index is 13.1. The molecule has 0 atom stereocenters. The summed E-state index contributed by atoms with van der Waals surface area (Å²) in [7, 11) is 1.90. The molecule has 3 nitrogen and oxygen atoms in total. The van der Waals surface area contributed by atoms with Gasteiger partial charge in [-0.3, -0.25) is 4.79 Å². The predicted octanol–water partition coefficient (Wildman–Crippen LogP) is 3.91. The van der Waals surface area contributed by atoms with Crippen LogP contribution in [0.2, 0.25) is 0 Å². The Morgan fingerprint density at radius 3 is 2.43 bits per heavy atom. The molecule has 0 bridgehead atoms. The number of esters is 1. The predicted molar refractivity (Wildman–Crippen MR) is 79.6 cm³/mol. The molecule has 0 N–H and O–H groups in total. The van der Waals surface area contributed by atoms with Crippen LogP contribution in [0.4, 0.5) is 4.39 Å². The zero-order valence-corrected chi connectivity index (χ0v) is 11.8. The van der Waals surface area contributed by atoms with Crippen molar-refractivity contribution in [2.45, 2.75) is 6.92 Å². The Kier molecular flexibility index (Phi) is 3.22. The Morgan fingerprint density at radius 2 is 1.76 bits per heavy atom. The molecule has 21 heavy (non-hydrogen) atoms. The summed E-state index contributed by atoms with van der Waals surface area (Å²) in [6.07, 6.45) is 0. The summed E-state index contributed by atoms with van der Waals surface area (Å²) in [6.45, 7) is 1.37. The summed E-state index contributed by atoms with van der Waals surface area (Å²) in [4.78, 5) is 11.4. The molecular formula is C17H14FNO2. The molecule has 0 saturated carbocycles. The number of halogens is 1. The molecule has 0 saturated heterocycles. The van der Waals surface area contributed by atoms with E-state index < -0.39 is 0 Å². The molecule has 3 aromatic rings. The van der Waals surface area contributed by atoms with Crippen LogP contribution in [0.15, 0.2) is 48.5 Å². The van der Waals surface area contributed by atoms with Crippen molar-refractivity contribution in [3.63, 3.8) is 0 Å². The van der Waals surface area contributed by atoms with Gasteiger partial charge < -0.3 is 9.30 Å². The molecule has 0 spiro atoms. The van der Waals surface area contributed by atoms with Crippen molar-refractivity contribution in [2.75, 3.05) is 0 Å². The molecule has 0 aliphatic carbocycles. The molecular weight excluding hydrogens is 269 g/mol. The summed E-state index contributed by atoms with van der Waals surface area (Å²) in [5.41, 5.74) is 2.51. The van der Waals surface area contributed by atoms with Gasteiger partial charge >= 0.3 is 5.97 Å². The number of aryl methyl sites for hydroxylation is 1. The Bertz CT molecular complexity index is 819. The fourth-order valence-corrected chi connectivity index (χ4v) is 2.54. The molecule has 4 heteroatoms. The van der Waals surface area contributed by atoms with E-state index in [1.165, 1.54) is 19.1 Å². The number of para-hydroxylation sites is 1. The quantitative estimate of drug-likeness (QED) is 0.668. The maximum Gasteiger partial charge on any atom is 0.308 e. The Balaban J connectivity index is 2.31. The first-order valence-corrected chi connectivity index (χ1v) is 6.59. The molecule has 106 valence electrons. The Labute approximate surface area is 121 Å². The van der Waals surface area contributed by atoms with Crippen LogP contribution in [0.25, 0.3) is 22.2 Å². The summed E-state index contributed by atoms with van der Waals surface area (Å²) in [5, 5.41) is 0.856. The van der Waals surface area contributed by atoms with Crippen LogP contribution in [0.1, 0.15) is 6.92 Å². The number of ether oxygens (including phenoxy) is 1. The number of rotatable bonds is 2. The number of hydrogen-bond acceptors (Lipinski definition) is 2. The van der Waals surface area contributed by atoms with Gasteiger partial charge in [0.25, 0.3) is 0 Å². The summed E-state index contributed by atoms with van der Waals surface area (Å²) >= 11 is 0. The van der Waals surface area contributed by atoms with Crippen molar-refractivity contribution in [2.24, 2.45) is 7.05 Å². The molecule has 0 unspecified atom stereocenters. The Morgan fingerprint density at radius 1 is 1.10 bits per heavy atom. The Hall–Kier alpha value is -2.62. The van der Waals surface area contributed by atoms with Crippen LogP contribution in [0.3, 0.4) is 0 Å². The standard InChI is InChI=1S/C17H14FNO2/c1-11(20)21-17-14-5-3-4-6-15(14)19(2)16(17)12-7-9-13(18)10-8-12/h3-10H,1-2H3. The van der Waals surface area contributed by atoms with Gasteiger partial charge in [0.15, 0.2) is 5.75 Å². The number of hydrogen-bond donors (Lipinski definition) is 0. The average Bonchev–Trinajstić information content (AvgIpc) is 2.73. The lowest BCUT2D eigenvalue weighted by Crippen LogP contribution is -2.03. The first kappa shape index (κ1) is 13.4. The van der Waals surface area contributed by atoms with Crippen molar-refractivity contribution >= 4 is 16.9 Å². The van der Waals surface area contributed by atoms with E-state index in [0.717, 1.165) is 22.2 Å². The number of fused-ring (bicyclic) bond motifs is 1. The van der Waals surface area contributed by atoms with Gasteiger partial charge in [0.2, 0.25) is 0 Å². The van der Waals surface area contributed by atoms with Gasteiger partial charge in [-0.1, -0.05) is 12.1 Å². The zero-order chi connectivity index (χ0) is 15.0. The van der Waals surface area contributed by atoms with Crippen LogP contribution in [0, 0.1) is 5.82 Å². The van der Waals surface area contributed by atoms with E-state index in [2.05, 4.69) is 0 Å². The van der Waals surface area contributed by atoms with E-state index >= 15 is 0 Å². The number of aromatic nitrogens is 1. The maximum absolute atomic E-state index is 13.1. The smallest absolute Gasteiger partial charge is 0.308 e. The van der Waals surface area contributed by atoms with E-state index in [4.69, 9.17) is 4.74 Å². The summed E-state index contributed by atoms with van der Waals surface area (Å²) < 4.78 is 20.5. The van der Waals surface area contributed by atoms with Crippen molar-refractivity contribution in [1.82, 2.24) is 4.57 Å². The molecule has 0 fully saturated rings. The fraction of sp³-hybridized carbons (Fsp3) is 0.118. The minimum absolute atomic E-state index is 0.299. The highest BCUT2D eigenvalue weighted by atomic mass is 19.1. The average molecular weight is 283 g/mol. The van der Waals surface area contributed by atoms with Crippen LogP contribution < -0.4 is 4.74 Å². The summed E-state index contributed by atoms with van der Waals surface area (Å²) in [5.74, 6) is -0.173. The molecule has 0 aliphatic heterocycles. The van der Waals surface area contributed by atoms with Crippen LogP contribution in [0.5, 0.6) is 5.75 Å². The third kappa shape index (κ3) is 2.29. The van der Waals surface area contributed by atoms with Gasteiger partial charge in [-0.2, -0.15) is 0 Å². The minimum Gasteiger partial charge on any atom is -0.424 e.